The van der Waals surface area contributed by atoms with Gasteiger partial charge in [-0.2, -0.15) is 8.78 Å². The monoisotopic (exact) mass is 351 g/mol. The van der Waals surface area contributed by atoms with Gasteiger partial charge < -0.3 is 14.8 Å². The number of carbonyl (C=O) groups is 2. The van der Waals surface area contributed by atoms with Gasteiger partial charge >= 0.3 is 6.09 Å². The summed E-state index contributed by atoms with van der Waals surface area (Å²) in [6, 6.07) is 0. The summed E-state index contributed by atoms with van der Waals surface area (Å²) in [7, 11) is 0.840. The molecule has 0 heterocycles. The second-order valence-electron chi connectivity index (χ2n) is 5.93. The van der Waals surface area contributed by atoms with E-state index in [0.717, 1.165) is 7.11 Å². The quantitative estimate of drug-likeness (QED) is 0.654. The van der Waals surface area contributed by atoms with Crippen LogP contribution in [0.4, 0.5) is 22.4 Å². The lowest BCUT2D eigenvalue weighted by atomic mass is 10.1. The number of hydrogen-bond donors (Lipinski definition) is 1. The van der Waals surface area contributed by atoms with Crippen LogP contribution in [0.1, 0.15) is 26.3 Å². The van der Waals surface area contributed by atoms with E-state index in [1.165, 1.54) is 0 Å². The largest absolute Gasteiger partial charge is 0.491 e. The van der Waals surface area contributed by atoms with E-state index in [0.29, 0.717) is 0 Å². The van der Waals surface area contributed by atoms with Gasteiger partial charge in [-0.15, -0.1) is 0 Å². The Kier molecular flexibility index (Phi) is 6.16. The van der Waals surface area contributed by atoms with Crippen LogP contribution in [0.15, 0.2) is 0 Å². The molecule has 0 aromatic heterocycles. The van der Waals surface area contributed by atoms with Crippen molar-refractivity contribution in [2.45, 2.75) is 32.7 Å². The van der Waals surface area contributed by atoms with Crippen molar-refractivity contribution < 1.29 is 36.6 Å². The predicted octanol–water partition coefficient (Wildman–Crippen LogP) is 2.89. The average molecular weight is 351 g/mol. The summed E-state index contributed by atoms with van der Waals surface area (Å²) in [6.07, 6.45) is -1.90. The minimum absolute atomic E-state index is 0.611. The van der Waals surface area contributed by atoms with E-state index in [-0.39, 0.29) is 0 Å². The second-order valence-corrected chi connectivity index (χ2v) is 5.93. The minimum Gasteiger partial charge on any atom is -0.491 e. The third-order valence-corrected chi connectivity index (χ3v) is 2.73. The van der Waals surface area contributed by atoms with Crippen molar-refractivity contribution in [1.29, 1.82) is 0 Å². The third kappa shape index (κ3) is 4.84. The van der Waals surface area contributed by atoms with E-state index in [1.807, 2.05) is 0 Å². The van der Waals surface area contributed by atoms with Gasteiger partial charge in [-0.1, -0.05) is 0 Å². The maximum atomic E-state index is 13.7. The Morgan fingerprint density at radius 2 is 1.50 bits per heavy atom. The first-order valence-electron chi connectivity index (χ1n) is 6.83. The first kappa shape index (κ1) is 19.7. The SMILES string of the molecule is COc1c(F)c(F)c(CC(=O)COC(=O)NC(C)(C)C)c(F)c1F. The van der Waals surface area contributed by atoms with Crippen LogP contribution in [-0.4, -0.2) is 31.1 Å². The molecule has 0 bridgehead atoms. The number of amides is 1. The molecule has 0 spiro atoms. The lowest BCUT2D eigenvalue weighted by molar-refractivity contribution is -0.121. The Labute approximate surface area is 135 Å². The van der Waals surface area contributed by atoms with Gasteiger partial charge in [-0.3, -0.25) is 4.79 Å². The molecule has 1 aromatic carbocycles. The zero-order valence-electron chi connectivity index (χ0n) is 13.6. The lowest BCUT2D eigenvalue weighted by Crippen LogP contribution is -2.41. The van der Waals surface area contributed by atoms with Crippen LogP contribution in [-0.2, 0) is 16.0 Å². The smallest absolute Gasteiger partial charge is 0.407 e. The number of Topliss-reactive ketones (excluding diaryl/α,β-unsaturated/α-hetero) is 1. The number of nitrogens with one attached hydrogen (secondary N) is 1. The number of rotatable bonds is 5. The first-order valence-corrected chi connectivity index (χ1v) is 6.83. The standard InChI is InChI=1S/C15H17F4NO4/c1-15(2,3)20-14(22)24-6-7(21)5-8-9(16)11(18)13(23-4)12(19)10(8)17/h5-6H2,1-4H3,(H,20,22). The third-order valence-electron chi connectivity index (χ3n) is 2.73. The maximum absolute atomic E-state index is 13.7. The Morgan fingerprint density at radius 1 is 1.00 bits per heavy atom. The molecule has 134 valence electrons. The van der Waals surface area contributed by atoms with Gasteiger partial charge in [-0.25, -0.2) is 13.6 Å². The molecular formula is C15H17F4NO4. The Morgan fingerprint density at radius 3 is 1.92 bits per heavy atom. The van der Waals surface area contributed by atoms with Crippen LogP contribution < -0.4 is 10.1 Å². The van der Waals surface area contributed by atoms with Crippen molar-refractivity contribution in [2.24, 2.45) is 0 Å². The molecule has 1 aromatic rings. The molecule has 0 aliphatic carbocycles. The van der Waals surface area contributed by atoms with Crippen LogP contribution in [0.25, 0.3) is 0 Å². The Balaban J connectivity index is 2.83. The zero-order valence-corrected chi connectivity index (χ0v) is 13.6. The van der Waals surface area contributed by atoms with Gasteiger partial charge in [0, 0.05) is 17.5 Å². The number of ether oxygens (including phenoxy) is 2. The molecule has 0 saturated carbocycles. The van der Waals surface area contributed by atoms with E-state index >= 15 is 0 Å². The highest BCUT2D eigenvalue weighted by molar-refractivity contribution is 5.84. The number of methoxy groups -OCH3 is 1. The summed E-state index contributed by atoms with van der Waals surface area (Å²) in [5.41, 5.74) is -1.71. The van der Waals surface area contributed by atoms with Gasteiger partial charge in [0.15, 0.2) is 29.8 Å². The molecule has 1 amide bonds. The van der Waals surface area contributed by atoms with Crippen molar-refractivity contribution >= 4 is 11.9 Å². The molecule has 0 radical (unpaired) electrons. The number of carbonyl (C=O) groups excluding carboxylic acids is 2. The summed E-state index contributed by atoms with van der Waals surface area (Å²) in [4.78, 5) is 23.0. The second kappa shape index (κ2) is 7.50. The van der Waals surface area contributed by atoms with Gasteiger partial charge in [0.1, 0.15) is 0 Å². The topological polar surface area (TPSA) is 64.6 Å². The Bertz CT molecular complexity index is 627. The molecular weight excluding hydrogens is 334 g/mol. The van der Waals surface area contributed by atoms with Crippen molar-refractivity contribution in [3.8, 4) is 5.75 Å². The molecule has 5 nitrogen and oxygen atoms in total. The number of ketones is 1. The fraction of sp³-hybridized carbons (Fsp3) is 0.467. The first-order chi connectivity index (χ1) is 11.0. The fourth-order valence-electron chi connectivity index (χ4n) is 1.73. The molecule has 0 unspecified atom stereocenters. The highest BCUT2D eigenvalue weighted by atomic mass is 19.2. The highest BCUT2D eigenvalue weighted by Gasteiger charge is 2.27. The molecule has 0 fully saturated rings. The molecule has 1 rings (SSSR count). The van der Waals surface area contributed by atoms with Gasteiger partial charge in [0.25, 0.3) is 0 Å². The van der Waals surface area contributed by atoms with Crippen LogP contribution in [0.2, 0.25) is 0 Å². The van der Waals surface area contributed by atoms with Gasteiger partial charge in [0.05, 0.1) is 7.11 Å². The minimum atomic E-state index is -1.74. The summed E-state index contributed by atoms with van der Waals surface area (Å²) in [5, 5.41) is 2.40. The van der Waals surface area contributed by atoms with Crippen molar-refractivity contribution in [2.75, 3.05) is 13.7 Å². The molecule has 0 atom stereocenters. The fourth-order valence-corrected chi connectivity index (χ4v) is 1.73. The van der Waals surface area contributed by atoms with Gasteiger partial charge in [0.2, 0.25) is 11.6 Å². The van der Waals surface area contributed by atoms with Crippen molar-refractivity contribution in [3.05, 3.63) is 28.8 Å². The average Bonchev–Trinajstić information content (AvgIpc) is 2.46. The number of alkyl carbamates (subject to hydrolysis) is 1. The molecule has 9 heteroatoms. The number of halogens is 4. The molecule has 0 aliphatic heterocycles. The number of benzene rings is 1. The van der Waals surface area contributed by atoms with Crippen molar-refractivity contribution in [3.63, 3.8) is 0 Å². The number of hydrogen-bond acceptors (Lipinski definition) is 4. The molecule has 0 aliphatic rings. The van der Waals surface area contributed by atoms with Crippen LogP contribution >= 0.6 is 0 Å². The van der Waals surface area contributed by atoms with E-state index in [2.05, 4.69) is 14.8 Å². The molecule has 0 saturated heterocycles. The van der Waals surface area contributed by atoms with E-state index in [1.54, 1.807) is 20.8 Å². The zero-order chi connectivity index (χ0) is 18.7. The highest BCUT2D eigenvalue weighted by Crippen LogP contribution is 2.30. The van der Waals surface area contributed by atoms with Gasteiger partial charge in [-0.05, 0) is 20.8 Å². The predicted molar refractivity (Wildman–Crippen MR) is 75.8 cm³/mol. The summed E-state index contributed by atoms with van der Waals surface area (Å²) >= 11 is 0. The van der Waals surface area contributed by atoms with E-state index < -0.39 is 65.0 Å². The molecule has 24 heavy (non-hydrogen) atoms. The van der Waals surface area contributed by atoms with Crippen LogP contribution in [0.5, 0.6) is 5.75 Å². The summed E-state index contributed by atoms with van der Waals surface area (Å²) in [5.74, 6) is -9.13. The summed E-state index contributed by atoms with van der Waals surface area (Å²) < 4.78 is 63.4. The van der Waals surface area contributed by atoms with E-state index in [4.69, 9.17) is 0 Å². The Hall–Kier alpha value is -2.32. The lowest BCUT2D eigenvalue weighted by Gasteiger charge is -2.19. The van der Waals surface area contributed by atoms with Crippen LogP contribution in [0, 0.1) is 23.3 Å². The van der Waals surface area contributed by atoms with Crippen molar-refractivity contribution in [1.82, 2.24) is 5.32 Å². The maximum Gasteiger partial charge on any atom is 0.407 e. The normalized spacial score (nSPS) is 11.2. The van der Waals surface area contributed by atoms with E-state index in [9.17, 15) is 27.2 Å². The molecule has 1 N–H and O–H groups in total. The van der Waals surface area contributed by atoms with Crippen LogP contribution in [0.3, 0.4) is 0 Å². The summed E-state index contributed by atoms with van der Waals surface area (Å²) in [6.45, 7) is 4.20.